The number of carbonyl (C=O) groups is 2. The van der Waals surface area contributed by atoms with Gasteiger partial charge < -0.3 is 19.0 Å². The first-order chi connectivity index (χ1) is 12.4. The monoisotopic (exact) mass is 363 g/mol. The predicted octanol–water partition coefficient (Wildman–Crippen LogP) is 3.30. The zero-order chi connectivity index (χ0) is 18.7. The number of ether oxygens (including phenoxy) is 1. The molecule has 0 bridgehead atoms. The molecule has 2 aliphatic rings. The summed E-state index contributed by atoms with van der Waals surface area (Å²) in [4.78, 5) is 32.6. The summed E-state index contributed by atoms with van der Waals surface area (Å²) in [5, 5.41) is 0. The Bertz CT molecular complexity index is 662. The van der Waals surface area contributed by atoms with E-state index >= 15 is 0 Å². The van der Waals surface area contributed by atoms with Crippen LogP contribution in [-0.4, -0.2) is 58.6 Å². The first kappa shape index (κ1) is 18.7. The van der Waals surface area contributed by atoms with Gasteiger partial charge in [0.15, 0.2) is 5.89 Å². The molecule has 7 nitrogen and oxygen atoms in total. The number of hydrogen-bond donors (Lipinski definition) is 0. The third-order valence-electron chi connectivity index (χ3n) is 5.38. The Hall–Kier alpha value is -2.05. The van der Waals surface area contributed by atoms with Gasteiger partial charge in [0.05, 0.1) is 12.2 Å². The fourth-order valence-corrected chi connectivity index (χ4v) is 3.85. The van der Waals surface area contributed by atoms with E-state index in [1.165, 1.54) is 12.8 Å². The summed E-state index contributed by atoms with van der Waals surface area (Å²) in [5.41, 5.74) is 0.184. The molecular weight excluding hydrogens is 334 g/mol. The SMILES string of the molecule is CCCCCCN1CC2(CCN(C(=O)c3oc(C)nc3C)CC2)OC1=O. The lowest BCUT2D eigenvalue weighted by atomic mass is 9.91. The normalized spacial score (nSPS) is 19.3. The molecule has 0 N–H and O–H groups in total. The van der Waals surface area contributed by atoms with Crippen LogP contribution in [0.4, 0.5) is 4.79 Å². The summed E-state index contributed by atoms with van der Waals surface area (Å²) < 4.78 is 11.2. The molecule has 0 aromatic carbocycles. The van der Waals surface area contributed by atoms with Crippen molar-refractivity contribution in [2.45, 2.75) is 64.9 Å². The van der Waals surface area contributed by atoms with Crippen LogP contribution in [-0.2, 0) is 4.74 Å². The van der Waals surface area contributed by atoms with Crippen molar-refractivity contribution in [3.63, 3.8) is 0 Å². The van der Waals surface area contributed by atoms with E-state index in [1.54, 1.807) is 18.7 Å². The van der Waals surface area contributed by atoms with Gasteiger partial charge in [-0.3, -0.25) is 4.79 Å². The molecule has 3 heterocycles. The minimum atomic E-state index is -0.439. The Morgan fingerprint density at radius 3 is 2.54 bits per heavy atom. The van der Waals surface area contributed by atoms with Crippen LogP contribution in [0.1, 0.15) is 67.6 Å². The number of likely N-dealkylation sites (tertiary alicyclic amines) is 1. The molecule has 7 heteroatoms. The molecule has 2 amide bonds. The molecule has 26 heavy (non-hydrogen) atoms. The molecule has 0 unspecified atom stereocenters. The zero-order valence-corrected chi connectivity index (χ0v) is 16.0. The van der Waals surface area contributed by atoms with Crippen molar-refractivity contribution in [1.82, 2.24) is 14.8 Å². The number of amides is 2. The molecule has 0 aliphatic carbocycles. The minimum Gasteiger partial charge on any atom is -0.441 e. The Morgan fingerprint density at radius 2 is 1.92 bits per heavy atom. The smallest absolute Gasteiger partial charge is 0.410 e. The summed E-state index contributed by atoms with van der Waals surface area (Å²) in [6.07, 6.45) is 5.68. The average Bonchev–Trinajstić information content (AvgIpc) is 3.10. The van der Waals surface area contributed by atoms with E-state index in [4.69, 9.17) is 9.15 Å². The Balaban J connectivity index is 1.54. The lowest BCUT2D eigenvalue weighted by Crippen LogP contribution is -2.48. The van der Waals surface area contributed by atoms with Gasteiger partial charge in [0.1, 0.15) is 5.60 Å². The Kier molecular flexibility index (Phi) is 5.53. The topological polar surface area (TPSA) is 75.9 Å². The molecule has 0 saturated carbocycles. The van der Waals surface area contributed by atoms with Crippen LogP contribution >= 0.6 is 0 Å². The summed E-state index contributed by atoms with van der Waals surface area (Å²) in [7, 11) is 0. The van der Waals surface area contributed by atoms with Crippen molar-refractivity contribution in [2.75, 3.05) is 26.2 Å². The third-order valence-corrected chi connectivity index (χ3v) is 5.38. The second kappa shape index (κ2) is 7.68. The van der Waals surface area contributed by atoms with Crippen LogP contribution in [0.25, 0.3) is 0 Å². The van der Waals surface area contributed by atoms with E-state index in [0.717, 1.165) is 19.4 Å². The standard InChI is InChI=1S/C19H29N3O4/c1-4-5-6-7-10-22-13-19(26-18(22)24)8-11-21(12-9-19)17(23)16-14(2)20-15(3)25-16/h4-13H2,1-3H3. The van der Waals surface area contributed by atoms with Crippen molar-refractivity contribution in [1.29, 1.82) is 0 Å². The quantitative estimate of drug-likeness (QED) is 0.725. The van der Waals surface area contributed by atoms with E-state index in [2.05, 4.69) is 11.9 Å². The van der Waals surface area contributed by atoms with Crippen molar-refractivity contribution in [3.8, 4) is 0 Å². The van der Waals surface area contributed by atoms with Gasteiger partial charge in [0, 0.05) is 39.4 Å². The summed E-state index contributed by atoms with van der Waals surface area (Å²) in [6, 6.07) is 0. The van der Waals surface area contributed by atoms with Gasteiger partial charge in [-0.2, -0.15) is 0 Å². The van der Waals surface area contributed by atoms with Crippen LogP contribution < -0.4 is 0 Å². The molecule has 144 valence electrons. The maximum Gasteiger partial charge on any atom is 0.410 e. The average molecular weight is 363 g/mol. The van der Waals surface area contributed by atoms with Crippen LogP contribution in [0.2, 0.25) is 0 Å². The molecule has 3 rings (SSSR count). The van der Waals surface area contributed by atoms with Gasteiger partial charge in [0.25, 0.3) is 5.91 Å². The molecule has 2 aliphatic heterocycles. The number of nitrogens with zero attached hydrogens (tertiary/aromatic N) is 3. The lowest BCUT2D eigenvalue weighted by molar-refractivity contribution is 0.00220. The van der Waals surface area contributed by atoms with Crippen LogP contribution in [0, 0.1) is 13.8 Å². The second-order valence-corrected chi connectivity index (χ2v) is 7.47. The highest BCUT2D eigenvalue weighted by molar-refractivity contribution is 5.92. The van der Waals surface area contributed by atoms with Crippen LogP contribution in [0.15, 0.2) is 4.42 Å². The van der Waals surface area contributed by atoms with Gasteiger partial charge in [-0.1, -0.05) is 26.2 Å². The van der Waals surface area contributed by atoms with Crippen molar-refractivity contribution >= 4 is 12.0 Å². The first-order valence-electron chi connectivity index (χ1n) is 9.65. The van der Waals surface area contributed by atoms with Crippen molar-refractivity contribution in [2.24, 2.45) is 0 Å². The molecular formula is C19H29N3O4. The molecule has 1 aromatic heterocycles. The first-order valence-corrected chi connectivity index (χ1v) is 9.65. The maximum atomic E-state index is 12.6. The molecule has 2 fully saturated rings. The van der Waals surface area contributed by atoms with Gasteiger partial charge in [0.2, 0.25) is 5.76 Å². The number of piperidine rings is 1. The number of oxazole rings is 1. The second-order valence-electron chi connectivity index (χ2n) is 7.47. The number of unbranched alkanes of at least 4 members (excludes halogenated alkanes) is 3. The van der Waals surface area contributed by atoms with E-state index in [1.807, 2.05) is 4.90 Å². The highest BCUT2D eigenvalue weighted by Crippen LogP contribution is 2.34. The molecule has 1 spiro atoms. The van der Waals surface area contributed by atoms with E-state index in [0.29, 0.717) is 49.8 Å². The van der Waals surface area contributed by atoms with E-state index in [-0.39, 0.29) is 12.0 Å². The lowest BCUT2D eigenvalue weighted by Gasteiger charge is -2.37. The van der Waals surface area contributed by atoms with Gasteiger partial charge in [-0.05, 0) is 13.3 Å². The largest absolute Gasteiger partial charge is 0.441 e. The minimum absolute atomic E-state index is 0.126. The van der Waals surface area contributed by atoms with Gasteiger partial charge in [-0.15, -0.1) is 0 Å². The van der Waals surface area contributed by atoms with Crippen molar-refractivity contribution < 1.29 is 18.7 Å². The van der Waals surface area contributed by atoms with Crippen LogP contribution in [0.5, 0.6) is 0 Å². The molecule has 0 atom stereocenters. The van der Waals surface area contributed by atoms with Crippen LogP contribution in [0.3, 0.4) is 0 Å². The molecule has 0 radical (unpaired) electrons. The zero-order valence-electron chi connectivity index (χ0n) is 16.0. The van der Waals surface area contributed by atoms with Crippen molar-refractivity contribution in [3.05, 3.63) is 17.3 Å². The number of rotatable bonds is 6. The fraction of sp³-hybridized carbons (Fsp3) is 0.737. The Labute approximate surface area is 154 Å². The third kappa shape index (κ3) is 3.86. The maximum absolute atomic E-state index is 12.6. The number of carbonyl (C=O) groups excluding carboxylic acids is 2. The Morgan fingerprint density at radius 1 is 1.19 bits per heavy atom. The van der Waals surface area contributed by atoms with E-state index < -0.39 is 5.60 Å². The highest BCUT2D eigenvalue weighted by Gasteiger charge is 2.47. The highest BCUT2D eigenvalue weighted by atomic mass is 16.6. The summed E-state index contributed by atoms with van der Waals surface area (Å²) in [6.45, 7) is 8.23. The fourth-order valence-electron chi connectivity index (χ4n) is 3.85. The van der Waals surface area contributed by atoms with Gasteiger partial charge >= 0.3 is 6.09 Å². The summed E-state index contributed by atoms with van der Waals surface area (Å²) in [5.74, 6) is 0.695. The predicted molar refractivity (Wildman–Crippen MR) is 96.0 cm³/mol. The molecule has 2 saturated heterocycles. The number of aryl methyl sites for hydroxylation is 2. The molecule has 1 aromatic rings. The number of hydrogen-bond acceptors (Lipinski definition) is 5. The van der Waals surface area contributed by atoms with Gasteiger partial charge in [-0.25, -0.2) is 9.78 Å². The summed E-state index contributed by atoms with van der Waals surface area (Å²) >= 11 is 0. The number of aromatic nitrogens is 1. The van der Waals surface area contributed by atoms with E-state index in [9.17, 15) is 9.59 Å².